The summed E-state index contributed by atoms with van der Waals surface area (Å²) in [6.07, 6.45) is 3.75. The van der Waals surface area contributed by atoms with E-state index in [1.807, 2.05) is 24.3 Å². The molecule has 2 rings (SSSR count). The zero-order valence-corrected chi connectivity index (χ0v) is 13.7. The van der Waals surface area contributed by atoms with Gasteiger partial charge in [-0.05, 0) is 37.0 Å². The minimum absolute atomic E-state index is 0. The first kappa shape index (κ1) is 16.1. The van der Waals surface area contributed by atoms with Crippen LogP contribution >= 0.6 is 24.0 Å². The molecule has 0 atom stereocenters. The van der Waals surface area contributed by atoms with E-state index in [1.54, 1.807) is 7.11 Å². The number of guanidine groups is 1. The molecule has 2 N–H and O–H groups in total. The van der Waals surface area contributed by atoms with Gasteiger partial charge >= 0.3 is 0 Å². The zero-order valence-electron chi connectivity index (χ0n) is 11.3. The second kappa shape index (κ2) is 8.24. The zero-order chi connectivity index (χ0) is 12.8. The molecular formula is C14H22IN3O. The Labute approximate surface area is 132 Å². The molecule has 1 aliphatic heterocycles. The number of nitrogens with two attached hydrogens (primary N) is 1. The number of nitrogens with zero attached hydrogens (tertiary/aromatic N) is 2. The van der Waals surface area contributed by atoms with Gasteiger partial charge in [0.05, 0.1) is 13.7 Å². The van der Waals surface area contributed by atoms with Crippen LogP contribution in [0, 0.1) is 0 Å². The molecule has 1 aromatic rings. The minimum Gasteiger partial charge on any atom is -0.497 e. The van der Waals surface area contributed by atoms with Crippen molar-refractivity contribution in [3.8, 4) is 5.75 Å². The van der Waals surface area contributed by atoms with Gasteiger partial charge in [0, 0.05) is 13.1 Å². The van der Waals surface area contributed by atoms with Gasteiger partial charge < -0.3 is 15.4 Å². The first-order valence-electron chi connectivity index (χ1n) is 6.47. The molecule has 1 aromatic carbocycles. The molecule has 0 aliphatic carbocycles. The van der Waals surface area contributed by atoms with E-state index in [0.29, 0.717) is 12.5 Å². The number of ether oxygens (including phenoxy) is 1. The van der Waals surface area contributed by atoms with Gasteiger partial charge in [-0.1, -0.05) is 12.1 Å². The van der Waals surface area contributed by atoms with E-state index < -0.39 is 0 Å². The van der Waals surface area contributed by atoms with Crippen LogP contribution in [0.2, 0.25) is 0 Å². The van der Waals surface area contributed by atoms with E-state index in [2.05, 4.69) is 9.89 Å². The molecule has 1 aliphatic rings. The van der Waals surface area contributed by atoms with Crippen molar-refractivity contribution in [2.24, 2.45) is 10.7 Å². The summed E-state index contributed by atoms with van der Waals surface area (Å²) in [5.74, 6) is 1.54. The van der Waals surface area contributed by atoms with Crippen LogP contribution in [-0.2, 0) is 6.54 Å². The molecule has 106 valence electrons. The second-order valence-electron chi connectivity index (χ2n) is 4.57. The molecule has 1 fully saturated rings. The predicted octanol–water partition coefficient (Wildman–Crippen LogP) is 2.61. The molecular weight excluding hydrogens is 353 g/mol. The summed E-state index contributed by atoms with van der Waals surface area (Å²) < 4.78 is 5.12. The molecule has 5 heteroatoms. The lowest BCUT2D eigenvalue weighted by Crippen LogP contribution is -2.40. The maximum absolute atomic E-state index is 6.00. The molecule has 0 spiro atoms. The summed E-state index contributed by atoms with van der Waals surface area (Å²) in [5.41, 5.74) is 7.15. The van der Waals surface area contributed by atoms with Crippen LogP contribution in [0.1, 0.15) is 24.8 Å². The number of methoxy groups -OCH3 is 1. The molecule has 1 heterocycles. The maximum atomic E-state index is 6.00. The van der Waals surface area contributed by atoms with Crippen LogP contribution in [0.4, 0.5) is 0 Å². The van der Waals surface area contributed by atoms with Crippen LogP contribution in [0.25, 0.3) is 0 Å². The van der Waals surface area contributed by atoms with Crippen LogP contribution < -0.4 is 10.5 Å². The molecule has 0 amide bonds. The fraction of sp³-hybridized carbons (Fsp3) is 0.500. The van der Waals surface area contributed by atoms with Crippen LogP contribution in [-0.4, -0.2) is 31.1 Å². The molecule has 0 saturated carbocycles. The third kappa shape index (κ3) is 4.89. The highest BCUT2D eigenvalue weighted by Crippen LogP contribution is 2.12. The molecule has 0 unspecified atom stereocenters. The largest absolute Gasteiger partial charge is 0.497 e. The average Bonchev–Trinajstić information content (AvgIpc) is 2.46. The van der Waals surface area contributed by atoms with Gasteiger partial charge in [0.15, 0.2) is 5.96 Å². The first-order valence-corrected chi connectivity index (χ1v) is 6.47. The lowest BCUT2D eigenvalue weighted by molar-refractivity contribution is 0.338. The third-order valence-corrected chi connectivity index (χ3v) is 3.26. The number of piperidine rings is 1. The summed E-state index contributed by atoms with van der Waals surface area (Å²) in [7, 11) is 1.67. The van der Waals surface area contributed by atoms with Crippen molar-refractivity contribution >= 4 is 29.9 Å². The summed E-state index contributed by atoms with van der Waals surface area (Å²) in [4.78, 5) is 6.63. The second-order valence-corrected chi connectivity index (χ2v) is 4.57. The minimum atomic E-state index is 0. The van der Waals surface area contributed by atoms with E-state index in [1.165, 1.54) is 19.3 Å². The predicted molar refractivity (Wildman–Crippen MR) is 89.2 cm³/mol. The molecule has 0 aromatic heterocycles. The van der Waals surface area contributed by atoms with Gasteiger partial charge in [0.25, 0.3) is 0 Å². The van der Waals surface area contributed by atoms with E-state index >= 15 is 0 Å². The van der Waals surface area contributed by atoms with Gasteiger partial charge in [0.1, 0.15) is 5.75 Å². The van der Waals surface area contributed by atoms with Crippen LogP contribution in [0.15, 0.2) is 29.3 Å². The maximum Gasteiger partial charge on any atom is 0.191 e. The molecule has 0 bridgehead atoms. The lowest BCUT2D eigenvalue weighted by atomic mass is 10.1. The monoisotopic (exact) mass is 375 g/mol. The van der Waals surface area contributed by atoms with Gasteiger partial charge in [0.2, 0.25) is 0 Å². The van der Waals surface area contributed by atoms with Gasteiger partial charge in [-0.3, -0.25) is 0 Å². The topological polar surface area (TPSA) is 50.9 Å². The van der Waals surface area contributed by atoms with Crippen LogP contribution in [0.3, 0.4) is 0 Å². The number of aliphatic imine (C=N–C) groups is 1. The van der Waals surface area contributed by atoms with E-state index in [9.17, 15) is 0 Å². The van der Waals surface area contributed by atoms with Crippen molar-refractivity contribution in [2.45, 2.75) is 25.8 Å². The third-order valence-electron chi connectivity index (χ3n) is 3.26. The number of benzene rings is 1. The SMILES string of the molecule is COc1ccc(CN=C(N)N2CCCCC2)cc1.I. The Kier molecular flexibility index (Phi) is 6.97. The van der Waals surface area contributed by atoms with Gasteiger partial charge in [-0.2, -0.15) is 0 Å². The molecule has 1 saturated heterocycles. The standard InChI is InChI=1S/C14H21N3O.HI/c1-18-13-7-5-12(6-8-13)11-16-14(15)17-9-3-2-4-10-17;/h5-8H,2-4,9-11H2,1H3,(H2,15,16);1H. The number of halogens is 1. The highest BCUT2D eigenvalue weighted by molar-refractivity contribution is 14.0. The highest BCUT2D eigenvalue weighted by atomic mass is 127. The van der Waals surface area contributed by atoms with E-state index in [-0.39, 0.29) is 24.0 Å². The Morgan fingerprint density at radius 3 is 2.42 bits per heavy atom. The van der Waals surface area contributed by atoms with Crippen LogP contribution in [0.5, 0.6) is 5.75 Å². The Morgan fingerprint density at radius 2 is 1.84 bits per heavy atom. The summed E-state index contributed by atoms with van der Waals surface area (Å²) in [6.45, 7) is 2.71. The Bertz CT molecular complexity index is 400. The van der Waals surface area contributed by atoms with Crippen molar-refractivity contribution in [3.05, 3.63) is 29.8 Å². The Hall–Kier alpha value is -0.980. The average molecular weight is 375 g/mol. The number of likely N-dealkylation sites (tertiary alicyclic amines) is 1. The van der Waals surface area contributed by atoms with E-state index in [4.69, 9.17) is 10.5 Å². The summed E-state index contributed by atoms with van der Waals surface area (Å²) >= 11 is 0. The number of rotatable bonds is 3. The van der Waals surface area contributed by atoms with E-state index in [0.717, 1.165) is 24.4 Å². The molecule has 0 radical (unpaired) electrons. The molecule has 4 nitrogen and oxygen atoms in total. The first-order chi connectivity index (χ1) is 8.79. The Balaban J connectivity index is 0.00000180. The Morgan fingerprint density at radius 1 is 1.21 bits per heavy atom. The number of hydrogen-bond acceptors (Lipinski definition) is 2. The van der Waals surface area contributed by atoms with Crippen molar-refractivity contribution in [3.63, 3.8) is 0 Å². The fourth-order valence-corrected chi connectivity index (χ4v) is 2.13. The van der Waals surface area contributed by atoms with Gasteiger partial charge in [-0.25, -0.2) is 4.99 Å². The summed E-state index contributed by atoms with van der Waals surface area (Å²) in [5, 5.41) is 0. The van der Waals surface area contributed by atoms with Crippen molar-refractivity contribution in [1.82, 2.24) is 4.90 Å². The summed E-state index contributed by atoms with van der Waals surface area (Å²) in [6, 6.07) is 7.93. The van der Waals surface area contributed by atoms with Gasteiger partial charge in [-0.15, -0.1) is 24.0 Å². The lowest BCUT2D eigenvalue weighted by Gasteiger charge is -2.27. The normalized spacial score (nSPS) is 15.8. The quantitative estimate of drug-likeness (QED) is 0.502. The number of hydrogen-bond donors (Lipinski definition) is 1. The highest BCUT2D eigenvalue weighted by Gasteiger charge is 2.11. The van der Waals surface area contributed by atoms with Crippen molar-refractivity contribution < 1.29 is 4.74 Å². The smallest absolute Gasteiger partial charge is 0.191 e. The van der Waals surface area contributed by atoms with Crippen molar-refractivity contribution in [1.29, 1.82) is 0 Å². The fourth-order valence-electron chi connectivity index (χ4n) is 2.13. The molecule has 19 heavy (non-hydrogen) atoms. The van der Waals surface area contributed by atoms with Crippen molar-refractivity contribution in [2.75, 3.05) is 20.2 Å².